The molecule has 0 spiro atoms. The van der Waals surface area contributed by atoms with Crippen molar-refractivity contribution in [2.45, 2.75) is 6.54 Å². The van der Waals surface area contributed by atoms with Crippen LogP contribution in [-0.2, 0) is 18.4 Å². The topological polar surface area (TPSA) is 75.4 Å². The normalized spacial score (nSPS) is 14.6. The first-order valence-electron chi connectivity index (χ1n) is 4.11. The van der Waals surface area contributed by atoms with Crippen molar-refractivity contribution in [2.24, 2.45) is 7.05 Å². The molecule has 0 aliphatic carbocycles. The minimum absolute atomic E-state index is 0.265. The molecule has 6 heteroatoms. The maximum absolute atomic E-state index is 11.5. The maximum Gasteiger partial charge on any atom is 0.323 e. The van der Waals surface area contributed by atoms with Crippen molar-refractivity contribution in [3.8, 4) is 0 Å². The summed E-state index contributed by atoms with van der Waals surface area (Å²) >= 11 is 0. The van der Waals surface area contributed by atoms with Crippen LogP contribution in [0.2, 0.25) is 0 Å². The largest absolute Gasteiger partial charge is 0.480 e. The number of amides is 1. The van der Waals surface area contributed by atoms with Crippen LogP contribution in [0.5, 0.6) is 0 Å². The van der Waals surface area contributed by atoms with Gasteiger partial charge in [0.25, 0.3) is 5.91 Å². The SMILES string of the molecule is Cn1cc2c(n1)C(=O)N(CC(=O)O)C2. The highest BCUT2D eigenvalue weighted by Gasteiger charge is 2.31. The summed E-state index contributed by atoms with van der Waals surface area (Å²) in [6.45, 7) is 0.0766. The fourth-order valence-electron chi connectivity index (χ4n) is 1.55. The summed E-state index contributed by atoms with van der Waals surface area (Å²) in [7, 11) is 1.73. The number of carbonyl (C=O) groups excluding carboxylic acids is 1. The van der Waals surface area contributed by atoms with E-state index < -0.39 is 5.97 Å². The van der Waals surface area contributed by atoms with E-state index in [1.165, 1.54) is 4.90 Å². The monoisotopic (exact) mass is 195 g/mol. The molecular formula is C8H9N3O3. The first-order chi connectivity index (χ1) is 6.58. The lowest BCUT2D eigenvalue weighted by molar-refractivity contribution is -0.137. The third-order valence-corrected chi connectivity index (χ3v) is 2.08. The molecular weight excluding hydrogens is 186 g/mol. The molecule has 0 aromatic carbocycles. The summed E-state index contributed by atoms with van der Waals surface area (Å²) in [6.07, 6.45) is 1.73. The summed E-state index contributed by atoms with van der Waals surface area (Å²) < 4.78 is 1.56. The van der Waals surface area contributed by atoms with E-state index in [1.807, 2.05) is 0 Å². The van der Waals surface area contributed by atoms with Crippen molar-refractivity contribution in [1.82, 2.24) is 14.7 Å². The number of aliphatic carboxylic acids is 1. The number of nitrogens with zero attached hydrogens (tertiary/aromatic N) is 3. The fraction of sp³-hybridized carbons (Fsp3) is 0.375. The predicted molar refractivity (Wildman–Crippen MR) is 45.6 cm³/mol. The molecule has 1 aromatic rings. The van der Waals surface area contributed by atoms with E-state index in [9.17, 15) is 9.59 Å². The zero-order valence-corrected chi connectivity index (χ0v) is 7.60. The molecule has 0 radical (unpaired) electrons. The van der Waals surface area contributed by atoms with Gasteiger partial charge in [-0.2, -0.15) is 5.10 Å². The molecule has 1 amide bonds. The van der Waals surface area contributed by atoms with Crippen molar-refractivity contribution >= 4 is 11.9 Å². The number of carboxylic acids is 1. The van der Waals surface area contributed by atoms with E-state index in [1.54, 1.807) is 17.9 Å². The number of fused-ring (bicyclic) bond motifs is 1. The average molecular weight is 195 g/mol. The molecule has 1 aromatic heterocycles. The van der Waals surface area contributed by atoms with Crippen molar-refractivity contribution < 1.29 is 14.7 Å². The van der Waals surface area contributed by atoms with Gasteiger partial charge in [-0.05, 0) is 0 Å². The van der Waals surface area contributed by atoms with Gasteiger partial charge in [-0.25, -0.2) is 0 Å². The Labute approximate surface area is 79.7 Å². The van der Waals surface area contributed by atoms with Crippen molar-refractivity contribution in [3.63, 3.8) is 0 Å². The second kappa shape index (κ2) is 2.83. The lowest BCUT2D eigenvalue weighted by Crippen LogP contribution is -2.30. The maximum atomic E-state index is 11.5. The van der Waals surface area contributed by atoms with Gasteiger partial charge in [0, 0.05) is 18.8 Å². The molecule has 1 aliphatic heterocycles. The Balaban J connectivity index is 2.22. The van der Waals surface area contributed by atoms with Gasteiger partial charge in [0.2, 0.25) is 0 Å². The number of aryl methyl sites for hydroxylation is 1. The molecule has 2 rings (SSSR count). The van der Waals surface area contributed by atoms with Gasteiger partial charge < -0.3 is 10.0 Å². The third-order valence-electron chi connectivity index (χ3n) is 2.08. The predicted octanol–water partition coefficient (Wildman–Crippen LogP) is -0.540. The van der Waals surface area contributed by atoms with Gasteiger partial charge in [0.1, 0.15) is 6.54 Å². The molecule has 1 N–H and O–H groups in total. The van der Waals surface area contributed by atoms with Gasteiger partial charge in [-0.3, -0.25) is 14.3 Å². The number of rotatable bonds is 2. The third kappa shape index (κ3) is 1.24. The van der Waals surface area contributed by atoms with E-state index in [4.69, 9.17) is 5.11 Å². The average Bonchev–Trinajstić information content (AvgIpc) is 2.53. The Kier molecular flexibility index (Phi) is 1.77. The van der Waals surface area contributed by atoms with E-state index in [0.717, 1.165) is 5.56 Å². The van der Waals surface area contributed by atoms with Crippen LogP contribution >= 0.6 is 0 Å². The van der Waals surface area contributed by atoms with Gasteiger partial charge >= 0.3 is 5.97 Å². The Morgan fingerprint density at radius 1 is 1.71 bits per heavy atom. The molecule has 0 saturated heterocycles. The molecule has 74 valence electrons. The highest BCUT2D eigenvalue weighted by Crippen LogP contribution is 2.20. The van der Waals surface area contributed by atoms with E-state index in [-0.39, 0.29) is 12.5 Å². The molecule has 1 aliphatic rings. The van der Waals surface area contributed by atoms with Gasteiger partial charge in [-0.15, -0.1) is 0 Å². The Morgan fingerprint density at radius 2 is 2.43 bits per heavy atom. The zero-order chi connectivity index (χ0) is 10.3. The number of carboxylic acid groups (broad SMARTS) is 1. The first-order valence-corrected chi connectivity index (χ1v) is 4.11. The van der Waals surface area contributed by atoms with Crippen LogP contribution in [-0.4, -0.2) is 38.2 Å². The van der Waals surface area contributed by atoms with Gasteiger partial charge in [-0.1, -0.05) is 0 Å². The number of aromatic nitrogens is 2. The lowest BCUT2D eigenvalue weighted by atomic mass is 10.3. The van der Waals surface area contributed by atoms with Crippen LogP contribution in [0, 0.1) is 0 Å². The summed E-state index contributed by atoms with van der Waals surface area (Å²) in [6, 6.07) is 0. The first kappa shape index (κ1) is 8.74. The molecule has 0 saturated carbocycles. The van der Waals surface area contributed by atoms with E-state index in [0.29, 0.717) is 12.2 Å². The van der Waals surface area contributed by atoms with Gasteiger partial charge in [0.05, 0.1) is 6.54 Å². The molecule has 0 unspecified atom stereocenters. The Hall–Kier alpha value is -1.85. The molecule has 0 bridgehead atoms. The summed E-state index contributed by atoms with van der Waals surface area (Å²) in [5, 5.41) is 12.5. The second-order valence-corrected chi connectivity index (χ2v) is 3.23. The van der Waals surface area contributed by atoms with Crippen LogP contribution in [0.3, 0.4) is 0 Å². The highest BCUT2D eigenvalue weighted by molar-refractivity contribution is 5.97. The van der Waals surface area contributed by atoms with Crippen LogP contribution in [0.15, 0.2) is 6.20 Å². The molecule has 6 nitrogen and oxygen atoms in total. The van der Waals surface area contributed by atoms with Gasteiger partial charge in [0.15, 0.2) is 5.69 Å². The molecule has 0 fully saturated rings. The minimum Gasteiger partial charge on any atom is -0.480 e. The minimum atomic E-state index is -1.01. The standard InChI is InChI=1S/C8H9N3O3/c1-10-2-5-3-11(4-6(12)13)8(14)7(5)9-10/h2H,3-4H2,1H3,(H,12,13). The number of hydrogen-bond acceptors (Lipinski definition) is 3. The zero-order valence-electron chi connectivity index (χ0n) is 7.60. The summed E-state index contributed by atoms with van der Waals surface area (Å²) in [4.78, 5) is 23.2. The van der Waals surface area contributed by atoms with Crippen molar-refractivity contribution in [2.75, 3.05) is 6.54 Å². The highest BCUT2D eigenvalue weighted by atomic mass is 16.4. The van der Waals surface area contributed by atoms with E-state index >= 15 is 0 Å². The van der Waals surface area contributed by atoms with Crippen LogP contribution in [0.4, 0.5) is 0 Å². The van der Waals surface area contributed by atoms with Crippen LogP contribution in [0.1, 0.15) is 16.1 Å². The molecule has 2 heterocycles. The molecule has 14 heavy (non-hydrogen) atoms. The van der Waals surface area contributed by atoms with Crippen molar-refractivity contribution in [1.29, 1.82) is 0 Å². The Bertz CT molecular complexity index is 410. The van der Waals surface area contributed by atoms with Crippen molar-refractivity contribution in [3.05, 3.63) is 17.5 Å². The Morgan fingerprint density at radius 3 is 3.00 bits per heavy atom. The fourth-order valence-corrected chi connectivity index (χ4v) is 1.55. The molecule has 0 atom stereocenters. The van der Waals surface area contributed by atoms with E-state index in [2.05, 4.69) is 5.10 Å². The van der Waals surface area contributed by atoms with Crippen LogP contribution < -0.4 is 0 Å². The summed E-state index contributed by atoms with van der Waals surface area (Å²) in [5.41, 5.74) is 1.16. The summed E-state index contributed by atoms with van der Waals surface area (Å²) in [5.74, 6) is -1.31. The number of hydrogen-bond donors (Lipinski definition) is 1. The quantitative estimate of drug-likeness (QED) is 0.687. The number of carbonyl (C=O) groups is 2. The smallest absolute Gasteiger partial charge is 0.323 e. The second-order valence-electron chi connectivity index (χ2n) is 3.23. The van der Waals surface area contributed by atoms with Crippen LogP contribution in [0.25, 0.3) is 0 Å². The lowest BCUT2D eigenvalue weighted by Gasteiger charge is -2.11.